The first kappa shape index (κ1) is 15.7. The Balaban J connectivity index is 1.62. The second-order valence-electron chi connectivity index (χ2n) is 6.23. The van der Waals surface area contributed by atoms with Gasteiger partial charge < -0.3 is 9.88 Å². The van der Waals surface area contributed by atoms with Crippen LogP contribution in [0.25, 0.3) is 0 Å². The van der Waals surface area contributed by atoms with Crippen LogP contribution in [0.4, 0.5) is 0 Å². The van der Waals surface area contributed by atoms with Gasteiger partial charge in [0, 0.05) is 38.4 Å². The number of carbonyl (C=O) groups is 1. The predicted molar refractivity (Wildman–Crippen MR) is 89.9 cm³/mol. The number of nitrogens with one attached hydrogen (secondary N) is 1. The summed E-state index contributed by atoms with van der Waals surface area (Å²) in [6.07, 6.45) is 6.09. The lowest BCUT2D eigenvalue weighted by Gasteiger charge is -2.32. The van der Waals surface area contributed by atoms with Gasteiger partial charge in [-0.05, 0) is 24.9 Å². The van der Waals surface area contributed by atoms with Gasteiger partial charge in [0.25, 0.3) is 0 Å². The van der Waals surface area contributed by atoms with E-state index in [0.29, 0.717) is 0 Å². The maximum Gasteiger partial charge on any atom is 0.217 e. The molecule has 1 atom stereocenters. The monoisotopic (exact) mass is 312 g/mol. The highest BCUT2D eigenvalue weighted by Crippen LogP contribution is 2.14. The largest absolute Gasteiger partial charge is 0.352 e. The molecule has 122 valence electrons. The third kappa shape index (κ3) is 4.42. The van der Waals surface area contributed by atoms with Crippen molar-refractivity contribution in [2.75, 3.05) is 13.1 Å². The van der Waals surface area contributed by atoms with Crippen molar-refractivity contribution < 1.29 is 4.79 Å². The molecule has 0 radical (unpaired) electrons. The Bertz CT molecular complexity index is 637. The van der Waals surface area contributed by atoms with E-state index in [9.17, 15) is 4.79 Å². The van der Waals surface area contributed by atoms with Crippen LogP contribution in [0, 0.1) is 0 Å². The van der Waals surface area contributed by atoms with Crippen LogP contribution in [-0.2, 0) is 17.9 Å². The van der Waals surface area contributed by atoms with E-state index in [1.165, 1.54) is 5.56 Å². The molecule has 1 aromatic carbocycles. The van der Waals surface area contributed by atoms with Crippen LogP contribution in [-0.4, -0.2) is 39.5 Å². The maximum absolute atomic E-state index is 11.2. The van der Waals surface area contributed by atoms with Crippen molar-refractivity contribution in [1.29, 1.82) is 0 Å². The van der Waals surface area contributed by atoms with Crippen molar-refractivity contribution in [3.63, 3.8) is 0 Å². The molecule has 0 spiro atoms. The highest BCUT2D eigenvalue weighted by atomic mass is 16.1. The quantitative estimate of drug-likeness (QED) is 0.919. The van der Waals surface area contributed by atoms with Gasteiger partial charge in [0.1, 0.15) is 5.82 Å². The van der Waals surface area contributed by atoms with Crippen LogP contribution >= 0.6 is 0 Å². The Morgan fingerprint density at radius 1 is 1.30 bits per heavy atom. The van der Waals surface area contributed by atoms with E-state index < -0.39 is 0 Å². The van der Waals surface area contributed by atoms with Crippen LogP contribution in [0.5, 0.6) is 0 Å². The summed E-state index contributed by atoms with van der Waals surface area (Å²) in [7, 11) is 0. The number of aromatic nitrogens is 2. The summed E-state index contributed by atoms with van der Waals surface area (Å²) >= 11 is 0. The first-order valence-electron chi connectivity index (χ1n) is 8.24. The van der Waals surface area contributed by atoms with Crippen molar-refractivity contribution in [1.82, 2.24) is 19.8 Å². The summed E-state index contributed by atoms with van der Waals surface area (Å²) in [4.78, 5) is 18.2. The SMILES string of the molecule is CC(=O)N[C@H]1CCCN(Cc2nccn2Cc2ccccc2)C1. The first-order chi connectivity index (χ1) is 11.2. The van der Waals surface area contributed by atoms with Gasteiger partial charge in [-0.1, -0.05) is 30.3 Å². The van der Waals surface area contributed by atoms with Crippen LogP contribution < -0.4 is 5.32 Å². The lowest BCUT2D eigenvalue weighted by molar-refractivity contribution is -0.120. The van der Waals surface area contributed by atoms with Gasteiger partial charge in [-0.3, -0.25) is 9.69 Å². The number of likely N-dealkylation sites (tertiary alicyclic amines) is 1. The zero-order valence-electron chi connectivity index (χ0n) is 13.6. The third-order valence-electron chi connectivity index (χ3n) is 4.28. The molecule has 2 heterocycles. The fraction of sp³-hybridized carbons (Fsp3) is 0.444. The molecular formula is C18H24N4O. The highest BCUT2D eigenvalue weighted by molar-refractivity contribution is 5.73. The molecular weight excluding hydrogens is 288 g/mol. The molecule has 3 rings (SSSR count). The molecule has 23 heavy (non-hydrogen) atoms. The van der Waals surface area contributed by atoms with Gasteiger partial charge in [-0.2, -0.15) is 0 Å². The molecule has 1 aromatic heterocycles. The number of carbonyl (C=O) groups excluding carboxylic acids is 1. The van der Waals surface area contributed by atoms with Gasteiger partial charge in [0.15, 0.2) is 0 Å². The minimum atomic E-state index is 0.0578. The molecule has 1 saturated heterocycles. The average Bonchev–Trinajstić information content (AvgIpc) is 2.95. The molecule has 0 saturated carbocycles. The zero-order valence-corrected chi connectivity index (χ0v) is 13.6. The molecule has 1 amide bonds. The third-order valence-corrected chi connectivity index (χ3v) is 4.28. The lowest BCUT2D eigenvalue weighted by atomic mass is 10.1. The predicted octanol–water partition coefficient (Wildman–Crippen LogP) is 2.03. The van der Waals surface area contributed by atoms with Gasteiger partial charge >= 0.3 is 0 Å². The van der Waals surface area contributed by atoms with E-state index in [0.717, 1.165) is 44.8 Å². The number of piperidine rings is 1. The van der Waals surface area contributed by atoms with E-state index in [2.05, 4.69) is 44.0 Å². The molecule has 5 nitrogen and oxygen atoms in total. The second kappa shape index (κ2) is 7.42. The van der Waals surface area contributed by atoms with Gasteiger partial charge in [0.2, 0.25) is 5.91 Å². The second-order valence-corrected chi connectivity index (χ2v) is 6.23. The van der Waals surface area contributed by atoms with Gasteiger partial charge in [-0.15, -0.1) is 0 Å². The number of nitrogens with zero attached hydrogens (tertiary/aromatic N) is 3. The number of imidazole rings is 1. The Labute approximate surface area is 137 Å². The Morgan fingerprint density at radius 3 is 2.91 bits per heavy atom. The van der Waals surface area contributed by atoms with E-state index in [1.807, 2.05) is 18.5 Å². The van der Waals surface area contributed by atoms with Crippen LogP contribution in [0.2, 0.25) is 0 Å². The van der Waals surface area contributed by atoms with Crippen molar-refractivity contribution in [2.45, 2.75) is 38.9 Å². The van der Waals surface area contributed by atoms with Gasteiger partial charge in [0.05, 0.1) is 6.54 Å². The number of rotatable bonds is 5. The molecule has 1 fully saturated rings. The highest BCUT2D eigenvalue weighted by Gasteiger charge is 2.21. The van der Waals surface area contributed by atoms with Crippen LogP contribution in [0.15, 0.2) is 42.7 Å². The number of amides is 1. The van der Waals surface area contributed by atoms with E-state index in [4.69, 9.17) is 0 Å². The standard InChI is InChI=1S/C18H24N4O/c1-15(23)20-17-8-5-10-21(13-17)14-18-19-9-11-22(18)12-16-6-3-2-4-7-16/h2-4,6-7,9,11,17H,5,8,10,12-14H2,1H3,(H,20,23)/t17-/m0/s1. The van der Waals surface area contributed by atoms with Crippen molar-refractivity contribution in [3.05, 3.63) is 54.1 Å². The maximum atomic E-state index is 11.2. The summed E-state index contributed by atoms with van der Waals surface area (Å²) < 4.78 is 2.21. The number of benzene rings is 1. The van der Waals surface area contributed by atoms with Crippen molar-refractivity contribution >= 4 is 5.91 Å². The molecule has 1 N–H and O–H groups in total. The Morgan fingerprint density at radius 2 is 2.13 bits per heavy atom. The molecule has 2 aromatic rings. The lowest BCUT2D eigenvalue weighted by Crippen LogP contribution is -2.47. The topological polar surface area (TPSA) is 50.2 Å². The summed E-state index contributed by atoms with van der Waals surface area (Å²) in [5.41, 5.74) is 1.28. The Hall–Kier alpha value is -2.14. The molecule has 5 heteroatoms. The van der Waals surface area contributed by atoms with Crippen LogP contribution in [0.1, 0.15) is 31.2 Å². The average molecular weight is 312 g/mol. The minimum absolute atomic E-state index is 0.0578. The number of hydrogen-bond acceptors (Lipinski definition) is 3. The normalized spacial score (nSPS) is 18.7. The van der Waals surface area contributed by atoms with Crippen molar-refractivity contribution in [3.8, 4) is 0 Å². The summed E-state index contributed by atoms with van der Waals surface area (Å²) in [5, 5.41) is 3.04. The summed E-state index contributed by atoms with van der Waals surface area (Å²) in [6.45, 7) is 5.23. The zero-order chi connectivity index (χ0) is 16.1. The first-order valence-corrected chi connectivity index (χ1v) is 8.24. The molecule has 0 aliphatic carbocycles. The minimum Gasteiger partial charge on any atom is -0.352 e. The molecule has 1 aliphatic heterocycles. The van der Waals surface area contributed by atoms with E-state index >= 15 is 0 Å². The number of hydrogen-bond donors (Lipinski definition) is 1. The molecule has 1 aliphatic rings. The Kier molecular flexibility index (Phi) is 5.08. The van der Waals surface area contributed by atoms with E-state index in [-0.39, 0.29) is 11.9 Å². The summed E-state index contributed by atoms with van der Waals surface area (Å²) in [5.74, 6) is 1.14. The van der Waals surface area contributed by atoms with E-state index in [1.54, 1.807) is 6.92 Å². The molecule has 0 unspecified atom stereocenters. The smallest absolute Gasteiger partial charge is 0.217 e. The summed E-state index contributed by atoms with van der Waals surface area (Å²) in [6, 6.07) is 10.7. The molecule has 0 bridgehead atoms. The fourth-order valence-corrected chi connectivity index (χ4v) is 3.22. The van der Waals surface area contributed by atoms with Crippen LogP contribution in [0.3, 0.4) is 0 Å². The van der Waals surface area contributed by atoms with Gasteiger partial charge in [-0.25, -0.2) is 4.98 Å². The fourth-order valence-electron chi connectivity index (χ4n) is 3.22. The van der Waals surface area contributed by atoms with Crippen molar-refractivity contribution in [2.24, 2.45) is 0 Å².